The number of hydrogen-bond donors (Lipinski definition) is 0. The highest BCUT2D eigenvalue weighted by molar-refractivity contribution is 5.78. The maximum absolute atomic E-state index is 13.5. The van der Waals surface area contributed by atoms with E-state index in [4.69, 9.17) is 4.84 Å². The number of hydrogen-bond acceptors (Lipinski definition) is 4. The first-order valence-corrected chi connectivity index (χ1v) is 8.16. The van der Waals surface area contributed by atoms with E-state index in [0.717, 1.165) is 12.4 Å². The molecule has 0 N–H and O–H groups in total. The number of hydroxylamine groups is 2. The minimum absolute atomic E-state index is 0.145. The molecule has 0 radical (unpaired) electrons. The largest absolute Gasteiger partial charge is 0.302 e. The molecule has 1 aromatic carbocycles. The molecule has 1 amide bonds. The van der Waals surface area contributed by atoms with Gasteiger partial charge in [-0.05, 0) is 43.6 Å². The van der Waals surface area contributed by atoms with Gasteiger partial charge in [-0.1, -0.05) is 0 Å². The van der Waals surface area contributed by atoms with Crippen LogP contribution in [0.4, 0.5) is 8.78 Å². The topological polar surface area (TPSA) is 49.9 Å². The lowest BCUT2D eigenvalue weighted by Gasteiger charge is -2.33. The maximum atomic E-state index is 13.5. The van der Waals surface area contributed by atoms with Crippen LogP contribution in [-0.2, 0) is 14.4 Å². The van der Waals surface area contributed by atoms with Gasteiger partial charge in [0.15, 0.2) is 0 Å². The molecule has 0 spiro atoms. The molecule has 0 saturated carbocycles. The third-order valence-electron chi connectivity index (χ3n) is 4.66. The van der Waals surface area contributed by atoms with Crippen LogP contribution in [0.1, 0.15) is 30.9 Å². The molecule has 0 bridgehead atoms. The predicted octanol–water partition coefficient (Wildman–Crippen LogP) is 2.08. The van der Waals surface area contributed by atoms with Crippen LogP contribution in [-0.4, -0.2) is 48.4 Å². The van der Waals surface area contributed by atoms with Gasteiger partial charge in [-0.15, -0.1) is 0 Å². The van der Waals surface area contributed by atoms with Gasteiger partial charge in [0.1, 0.15) is 17.9 Å². The smallest absolute Gasteiger partial charge is 0.249 e. The first-order chi connectivity index (χ1) is 11.6. The van der Waals surface area contributed by atoms with E-state index in [9.17, 15) is 18.4 Å². The zero-order valence-corrected chi connectivity index (χ0v) is 13.3. The van der Waals surface area contributed by atoms with Crippen LogP contribution < -0.4 is 0 Å². The van der Waals surface area contributed by atoms with E-state index in [1.54, 1.807) is 0 Å². The Bertz CT molecular complexity index is 598. The highest BCUT2D eigenvalue weighted by Gasteiger charge is 2.37. The molecule has 24 heavy (non-hydrogen) atoms. The van der Waals surface area contributed by atoms with Crippen molar-refractivity contribution in [3.8, 4) is 0 Å². The van der Waals surface area contributed by atoms with E-state index in [0.29, 0.717) is 51.1 Å². The third-order valence-corrected chi connectivity index (χ3v) is 4.66. The molecule has 1 atom stereocenters. The van der Waals surface area contributed by atoms with Crippen molar-refractivity contribution < 1.29 is 23.2 Å². The second kappa shape index (κ2) is 7.36. The molecule has 1 aromatic rings. The summed E-state index contributed by atoms with van der Waals surface area (Å²) < 4.78 is 26.9. The van der Waals surface area contributed by atoms with Crippen LogP contribution in [0.25, 0.3) is 0 Å². The number of nitrogens with zero attached hydrogens (tertiary/aromatic N) is 2. The minimum Gasteiger partial charge on any atom is -0.302 e. The van der Waals surface area contributed by atoms with Crippen molar-refractivity contribution in [1.29, 1.82) is 0 Å². The Labute approximate surface area is 139 Å². The summed E-state index contributed by atoms with van der Waals surface area (Å²) in [5.74, 6) is -1.65. The summed E-state index contributed by atoms with van der Waals surface area (Å²) in [6, 6.07) is 2.84. The summed E-state index contributed by atoms with van der Waals surface area (Å²) in [6.45, 7) is 2.09. The standard InChI is InChI=1S/C17H20F2N2O3/c18-14-9-13(10-15(19)11-14)16-3-8-24-21(16)17(23)12-1-4-20(5-2-12)6-7-22/h7,9-12,16H,1-6,8H2/t16-/m1/s1. The fraction of sp³-hybridized carbons (Fsp3) is 0.529. The summed E-state index contributed by atoms with van der Waals surface area (Å²) in [4.78, 5) is 30.8. The van der Waals surface area contributed by atoms with Crippen LogP contribution >= 0.6 is 0 Å². The SMILES string of the molecule is O=CCN1CCC(C(=O)N2OCC[C@@H]2c2cc(F)cc(F)c2)CC1. The van der Waals surface area contributed by atoms with Crippen molar-refractivity contribution in [2.75, 3.05) is 26.2 Å². The van der Waals surface area contributed by atoms with Gasteiger partial charge in [-0.3, -0.25) is 14.5 Å². The molecule has 130 valence electrons. The van der Waals surface area contributed by atoms with Crippen LogP contribution in [0.5, 0.6) is 0 Å². The number of halogens is 2. The molecule has 0 aliphatic carbocycles. The summed E-state index contributed by atoms with van der Waals surface area (Å²) in [5, 5.41) is 1.29. The predicted molar refractivity (Wildman–Crippen MR) is 81.7 cm³/mol. The number of benzene rings is 1. The number of aldehydes is 1. The van der Waals surface area contributed by atoms with E-state index in [-0.39, 0.29) is 11.8 Å². The molecular weight excluding hydrogens is 318 g/mol. The van der Waals surface area contributed by atoms with E-state index < -0.39 is 17.7 Å². The van der Waals surface area contributed by atoms with Gasteiger partial charge >= 0.3 is 0 Å². The molecule has 0 aromatic heterocycles. The zero-order valence-electron chi connectivity index (χ0n) is 13.3. The Morgan fingerprint density at radius 1 is 1.17 bits per heavy atom. The van der Waals surface area contributed by atoms with Gasteiger partial charge in [0, 0.05) is 18.4 Å². The Kier molecular flexibility index (Phi) is 5.20. The highest BCUT2D eigenvalue weighted by Crippen LogP contribution is 2.34. The molecule has 2 aliphatic rings. The normalized spacial score (nSPS) is 22.8. The molecule has 2 heterocycles. The van der Waals surface area contributed by atoms with Gasteiger partial charge in [0.25, 0.3) is 0 Å². The number of piperidine rings is 1. The lowest BCUT2D eigenvalue weighted by molar-refractivity contribution is -0.183. The average Bonchev–Trinajstić information content (AvgIpc) is 3.04. The second-order valence-corrected chi connectivity index (χ2v) is 6.25. The number of likely N-dealkylation sites (tertiary alicyclic amines) is 1. The first-order valence-electron chi connectivity index (χ1n) is 8.16. The fourth-order valence-electron chi connectivity index (χ4n) is 3.40. The number of carbonyl (C=O) groups is 2. The van der Waals surface area contributed by atoms with Crippen LogP contribution in [0.2, 0.25) is 0 Å². The van der Waals surface area contributed by atoms with Crippen LogP contribution in [0, 0.1) is 17.6 Å². The summed E-state index contributed by atoms with van der Waals surface area (Å²) in [6.07, 6.45) is 2.67. The average molecular weight is 338 g/mol. The Morgan fingerprint density at radius 3 is 2.46 bits per heavy atom. The van der Waals surface area contributed by atoms with Crippen molar-refractivity contribution in [1.82, 2.24) is 9.96 Å². The van der Waals surface area contributed by atoms with E-state index in [2.05, 4.69) is 0 Å². The number of amides is 1. The molecular formula is C17H20F2N2O3. The van der Waals surface area contributed by atoms with Crippen molar-refractivity contribution in [2.24, 2.45) is 5.92 Å². The van der Waals surface area contributed by atoms with Crippen molar-refractivity contribution >= 4 is 12.2 Å². The molecule has 7 heteroatoms. The summed E-state index contributed by atoms with van der Waals surface area (Å²) in [7, 11) is 0. The quantitative estimate of drug-likeness (QED) is 0.789. The van der Waals surface area contributed by atoms with E-state index in [1.165, 1.54) is 17.2 Å². The van der Waals surface area contributed by atoms with Gasteiger partial charge in [0.2, 0.25) is 5.91 Å². The highest BCUT2D eigenvalue weighted by atomic mass is 19.1. The molecule has 2 fully saturated rings. The number of carbonyl (C=O) groups excluding carboxylic acids is 2. The molecule has 2 aliphatic heterocycles. The van der Waals surface area contributed by atoms with Crippen molar-refractivity contribution in [2.45, 2.75) is 25.3 Å². The monoisotopic (exact) mass is 338 g/mol. The van der Waals surface area contributed by atoms with Crippen molar-refractivity contribution in [3.05, 3.63) is 35.4 Å². The first kappa shape index (κ1) is 17.0. The Hall–Kier alpha value is -1.86. The van der Waals surface area contributed by atoms with E-state index in [1.807, 2.05) is 4.90 Å². The van der Waals surface area contributed by atoms with Crippen LogP contribution in [0.15, 0.2) is 18.2 Å². The molecule has 5 nitrogen and oxygen atoms in total. The second-order valence-electron chi connectivity index (χ2n) is 6.25. The molecule has 3 rings (SSSR count). The summed E-state index contributed by atoms with van der Waals surface area (Å²) >= 11 is 0. The third kappa shape index (κ3) is 3.62. The van der Waals surface area contributed by atoms with Crippen molar-refractivity contribution in [3.63, 3.8) is 0 Å². The van der Waals surface area contributed by atoms with Gasteiger partial charge in [-0.2, -0.15) is 0 Å². The minimum atomic E-state index is -0.661. The Morgan fingerprint density at radius 2 is 1.83 bits per heavy atom. The molecule has 2 saturated heterocycles. The lowest BCUT2D eigenvalue weighted by Crippen LogP contribution is -2.42. The van der Waals surface area contributed by atoms with E-state index >= 15 is 0 Å². The number of rotatable bonds is 4. The fourth-order valence-corrected chi connectivity index (χ4v) is 3.40. The Balaban J connectivity index is 1.69. The van der Waals surface area contributed by atoms with Gasteiger partial charge < -0.3 is 4.79 Å². The maximum Gasteiger partial charge on any atom is 0.249 e. The zero-order chi connectivity index (χ0) is 17.1. The lowest BCUT2D eigenvalue weighted by atomic mass is 9.94. The summed E-state index contributed by atoms with van der Waals surface area (Å²) in [5.41, 5.74) is 0.414. The van der Waals surface area contributed by atoms with Gasteiger partial charge in [0.05, 0.1) is 19.2 Å². The molecule has 0 unspecified atom stereocenters. The van der Waals surface area contributed by atoms with Gasteiger partial charge in [-0.25, -0.2) is 13.8 Å². The van der Waals surface area contributed by atoms with Crippen LogP contribution in [0.3, 0.4) is 0 Å².